The molecule has 0 aromatic carbocycles. The summed E-state index contributed by atoms with van der Waals surface area (Å²) >= 11 is 0. The molecular weight excluding hydrogens is 216 g/mol. The van der Waals surface area contributed by atoms with Gasteiger partial charge >= 0.3 is 6.03 Å². The molecule has 2 amide bonds. The lowest BCUT2D eigenvalue weighted by Gasteiger charge is -2.31. The van der Waals surface area contributed by atoms with Gasteiger partial charge in [0.05, 0.1) is 0 Å². The summed E-state index contributed by atoms with van der Waals surface area (Å²) in [5, 5.41) is 3.02. The Labute approximate surface area is 102 Å². The highest BCUT2D eigenvalue weighted by atomic mass is 28.3. The fraction of sp³-hybridized carbons (Fsp3) is 0.917. The molecule has 0 bridgehead atoms. The summed E-state index contributed by atoms with van der Waals surface area (Å²) in [6.07, 6.45) is 0. The minimum atomic E-state index is -1.05. The van der Waals surface area contributed by atoms with E-state index < -0.39 is 8.07 Å². The van der Waals surface area contributed by atoms with Crippen LogP contribution >= 0.6 is 0 Å². The van der Waals surface area contributed by atoms with Crippen LogP contribution in [0.4, 0.5) is 4.79 Å². The first-order valence-electron chi connectivity index (χ1n) is 6.21. The number of hydrogen-bond donors (Lipinski definition) is 1. The van der Waals surface area contributed by atoms with Crippen LogP contribution in [0.3, 0.4) is 0 Å². The molecule has 0 spiro atoms. The van der Waals surface area contributed by atoms with Crippen LogP contribution in [0.15, 0.2) is 0 Å². The molecule has 0 aliphatic carbocycles. The zero-order chi connectivity index (χ0) is 12.9. The van der Waals surface area contributed by atoms with Crippen LogP contribution in [0.5, 0.6) is 0 Å². The number of carbonyl (C=O) groups excluding carboxylic acids is 1. The summed E-state index contributed by atoms with van der Waals surface area (Å²) in [5.41, 5.74) is 0. The maximum Gasteiger partial charge on any atom is 0.317 e. The Morgan fingerprint density at radius 3 is 1.88 bits per heavy atom. The number of carbonyl (C=O) groups is 1. The van der Waals surface area contributed by atoms with E-state index in [0.29, 0.717) is 0 Å². The number of urea groups is 1. The number of hydrogen-bond acceptors (Lipinski definition) is 1. The Kier molecular flexibility index (Phi) is 6.08. The number of nitrogens with one attached hydrogen (secondary N) is 1. The van der Waals surface area contributed by atoms with Gasteiger partial charge in [-0.2, -0.15) is 0 Å². The highest BCUT2D eigenvalue weighted by Crippen LogP contribution is 2.08. The van der Waals surface area contributed by atoms with Crippen LogP contribution in [-0.2, 0) is 0 Å². The molecule has 0 saturated heterocycles. The highest BCUT2D eigenvalue weighted by Gasteiger charge is 2.20. The monoisotopic (exact) mass is 244 g/mol. The van der Waals surface area contributed by atoms with Crippen molar-refractivity contribution < 1.29 is 4.79 Å². The molecule has 0 aliphatic heterocycles. The van der Waals surface area contributed by atoms with Crippen molar-refractivity contribution in [3.05, 3.63) is 0 Å². The van der Waals surface area contributed by atoms with Crippen LogP contribution in [0.25, 0.3) is 0 Å². The summed E-state index contributed by atoms with van der Waals surface area (Å²) in [5.74, 6) is 0. The quantitative estimate of drug-likeness (QED) is 0.740. The van der Waals surface area contributed by atoms with E-state index in [1.165, 1.54) is 0 Å². The molecule has 0 atom stereocenters. The van der Waals surface area contributed by atoms with Gasteiger partial charge < -0.3 is 10.2 Å². The minimum absolute atomic E-state index is 0.0725. The molecule has 0 rings (SSSR count). The summed E-state index contributed by atoms with van der Waals surface area (Å²) < 4.78 is 0. The Balaban J connectivity index is 4.13. The normalized spacial score (nSPS) is 12.1. The molecule has 1 N–H and O–H groups in total. The molecule has 0 aliphatic rings. The topological polar surface area (TPSA) is 32.3 Å². The van der Waals surface area contributed by atoms with Crippen molar-refractivity contribution in [1.82, 2.24) is 10.2 Å². The van der Waals surface area contributed by atoms with Gasteiger partial charge in [-0.15, -0.1) is 0 Å². The molecule has 0 saturated carbocycles. The van der Waals surface area contributed by atoms with Gasteiger partial charge in [0.2, 0.25) is 0 Å². The first-order valence-corrected chi connectivity index (χ1v) is 9.92. The fourth-order valence-electron chi connectivity index (χ4n) is 1.70. The Morgan fingerprint density at radius 1 is 1.12 bits per heavy atom. The van der Waals surface area contributed by atoms with Crippen molar-refractivity contribution in [1.29, 1.82) is 0 Å². The standard InChI is InChI=1S/C12H28N2OSi/c1-10(2)14(11(3)4)12(15)13-8-9-16(5,6)7/h10-11H,8-9H2,1-7H3,(H,13,15). The molecule has 96 valence electrons. The lowest BCUT2D eigenvalue weighted by Crippen LogP contribution is -2.48. The van der Waals surface area contributed by atoms with Gasteiger partial charge in [0, 0.05) is 26.7 Å². The third kappa shape index (κ3) is 6.15. The average molecular weight is 244 g/mol. The maximum atomic E-state index is 11.9. The molecular formula is C12H28N2OSi. The summed E-state index contributed by atoms with van der Waals surface area (Å²) in [7, 11) is -1.05. The zero-order valence-electron chi connectivity index (χ0n) is 11.9. The van der Waals surface area contributed by atoms with E-state index in [0.717, 1.165) is 12.6 Å². The van der Waals surface area contributed by atoms with E-state index >= 15 is 0 Å². The van der Waals surface area contributed by atoms with Crippen LogP contribution in [0.1, 0.15) is 27.7 Å². The van der Waals surface area contributed by atoms with Gasteiger partial charge in [0.15, 0.2) is 0 Å². The second-order valence-corrected chi connectivity index (χ2v) is 11.8. The predicted octanol–water partition coefficient (Wildman–Crippen LogP) is 3.15. The molecule has 4 heteroatoms. The van der Waals surface area contributed by atoms with Gasteiger partial charge in [-0.05, 0) is 33.7 Å². The highest BCUT2D eigenvalue weighted by molar-refractivity contribution is 6.76. The number of amides is 2. The van der Waals surface area contributed by atoms with E-state index in [2.05, 4.69) is 52.7 Å². The van der Waals surface area contributed by atoms with Crippen LogP contribution in [0, 0.1) is 0 Å². The number of nitrogens with zero attached hydrogens (tertiary/aromatic N) is 1. The minimum Gasteiger partial charge on any atom is -0.338 e. The Morgan fingerprint density at radius 2 is 1.56 bits per heavy atom. The smallest absolute Gasteiger partial charge is 0.317 e. The molecule has 0 fully saturated rings. The molecule has 0 unspecified atom stereocenters. The van der Waals surface area contributed by atoms with Crippen molar-refractivity contribution in [2.75, 3.05) is 6.54 Å². The number of rotatable bonds is 5. The molecule has 16 heavy (non-hydrogen) atoms. The van der Waals surface area contributed by atoms with Crippen molar-refractivity contribution in [3.63, 3.8) is 0 Å². The zero-order valence-corrected chi connectivity index (χ0v) is 12.9. The van der Waals surface area contributed by atoms with E-state index in [1.54, 1.807) is 0 Å². The van der Waals surface area contributed by atoms with Gasteiger partial charge in [0.25, 0.3) is 0 Å². The second-order valence-electron chi connectivity index (χ2n) is 6.14. The third-order valence-electron chi connectivity index (χ3n) is 2.50. The Bertz CT molecular complexity index is 214. The molecule has 3 nitrogen and oxygen atoms in total. The lowest BCUT2D eigenvalue weighted by atomic mass is 10.2. The maximum absolute atomic E-state index is 11.9. The fourth-order valence-corrected chi connectivity index (χ4v) is 2.58. The van der Waals surface area contributed by atoms with Crippen LogP contribution in [0.2, 0.25) is 25.7 Å². The van der Waals surface area contributed by atoms with E-state index in [-0.39, 0.29) is 18.1 Å². The van der Waals surface area contributed by atoms with Crippen molar-refractivity contribution in [2.45, 2.75) is 65.5 Å². The third-order valence-corrected chi connectivity index (χ3v) is 4.25. The molecule has 0 heterocycles. The second kappa shape index (κ2) is 6.28. The van der Waals surface area contributed by atoms with Crippen LogP contribution in [-0.4, -0.2) is 37.6 Å². The van der Waals surface area contributed by atoms with E-state index in [9.17, 15) is 4.79 Å². The molecule has 0 radical (unpaired) electrons. The summed E-state index contributed by atoms with van der Waals surface area (Å²) in [4.78, 5) is 13.8. The largest absolute Gasteiger partial charge is 0.338 e. The van der Waals surface area contributed by atoms with Crippen molar-refractivity contribution in [2.24, 2.45) is 0 Å². The van der Waals surface area contributed by atoms with E-state index in [4.69, 9.17) is 0 Å². The molecule has 0 aromatic rings. The summed E-state index contributed by atoms with van der Waals surface area (Å²) in [6.45, 7) is 16.0. The van der Waals surface area contributed by atoms with Crippen LogP contribution < -0.4 is 5.32 Å². The molecule has 0 aromatic heterocycles. The van der Waals surface area contributed by atoms with Crippen molar-refractivity contribution >= 4 is 14.1 Å². The van der Waals surface area contributed by atoms with Gasteiger partial charge in [0.1, 0.15) is 0 Å². The predicted molar refractivity (Wildman–Crippen MR) is 73.7 cm³/mol. The van der Waals surface area contributed by atoms with E-state index in [1.807, 2.05) is 4.90 Å². The van der Waals surface area contributed by atoms with Crippen molar-refractivity contribution in [3.8, 4) is 0 Å². The Hall–Kier alpha value is -0.513. The van der Waals surface area contributed by atoms with Gasteiger partial charge in [-0.25, -0.2) is 4.79 Å². The van der Waals surface area contributed by atoms with Gasteiger partial charge in [-0.1, -0.05) is 19.6 Å². The first kappa shape index (κ1) is 15.5. The lowest BCUT2D eigenvalue weighted by molar-refractivity contribution is 0.165. The average Bonchev–Trinajstić information content (AvgIpc) is 1.99. The van der Waals surface area contributed by atoms with Gasteiger partial charge in [-0.3, -0.25) is 0 Å². The SMILES string of the molecule is CC(C)N(C(=O)NCC[Si](C)(C)C)C(C)C. The first-order chi connectivity index (χ1) is 7.15. The summed E-state index contributed by atoms with van der Waals surface area (Å²) in [6, 6.07) is 1.73.